The maximum Gasteiger partial charge on any atom is 0.0471 e. The van der Waals surface area contributed by atoms with Gasteiger partial charge in [0.2, 0.25) is 0 Å². The lowest BCUT2D eigenvalue weighted by Gasteiger charge is -2.05. The van der Waals surface area contributed by atoms with Gasteiger partial charge in [-0.1, -0.05) is 24.3 Å². The largest absolute Gasteiger partial charge is 0.396 e. The van der Waals surface area contributed by atoms with Gasteiger partial charge in [0.15, 0.2) is 0 Å². The molecule has 0 saturated heterocycles. The van der Waals surface area contributed by atoms with E-state index in [9.17, 15) is 0 Å². The predicted octanol–water partition coefficient (Wildman–Crippen LogP) is 1.24. The van der Waals surface area contributed by atoms with Crippen LogP contribution in [-0.2, 0) is 6.42 Å². The van der Waals surface area contributed by atoms with Crippen molar-refractivity contribution in [3.05, 3.63) is 35.4 Å². The third-order valence-corrected chi connectivity index (χ3v) is 1.91. The highest BCUT2D eigenvalue weighted by Crippen LogP contribution is 2.10. The van der Waals surface area contributed by atoms with E-state index in [1.54, 1.807) is 0 Å². The van der Waals surface area contributed by atoms with Gasteiger partial charge >= 0.3 is 0 Å². The van der Waals surface area contributed by atoms with Crippen molar-refractivity contribution < 1.29 is 5.11 Å². The number of benzene rings is 1. The summed E-state index contributed by atoms with van der Waals surface area (Å²) in [5, 5.41) is 8.67. The topological polar surface area (TPSA) is 46.2 Å². The summed E-state index contributed by atoms with van der Waals surface area (Å²) in [6.07, 6.45) is 0.721. The molecule has 0 aliphatic carbocycles. The minimum Gasteiger partial charge on any atom is -0.396 e. The zero-order valence-corrected chi connectivity index (χ0v) is 7.33. The van der Waals surface area contributed by atoms with Crippen LogP contribution in [0.1, 0.15) is 24.1 Å². The molecule has 1 aromatic carbocycles. The number of hydrogen-bond donors (Lipinski definition) is 2. The fraction of sp³-hybridized carbons (Fsp3) is 0.400. The molecule has 0 aromatic heterocycles. The quantitative estimate of drug-likeness (QED) is 0.708. The Morgan fingerprint density at radius 1 is 1.33 bits per heavy atom. The Morgan fingerprint density at radius 3 is 2.33 bits per heavy atom. The molecule has 0 saturated carbocycles. The van der Waals surface area contributed by atoms with Crippen molar-refractivity contribution in [3.63, 3.8) is 0 Å². The van der Waals surface area contributed by atoms with Gasteiger partial charge in [-0.3, -0.25) is 0 Å². The summed E-state index contributed by atoms with van der Waals surface area (Å²) >= 11 is 0. The lowest BCUT2D eigenvalue weighted by molar-refractivity contribution is 0.299. The van der Waals surface area contributed by atoms with Crippen molar-refractivity contribution in [2.75, 3.05) is 6.61 Å². The summed E-state index contributed by atoms with van der Waals surface area (Å²) in [5.41, 5.74) is 7.98. The molecule has 0 heterocycles. The Morgan fingerprint density at radius 2 is 1.92 bits per heavy atom. The molecule has 1 atom stereocenters. The van der Waals surface area contributed by atoms with Gasteiger partial charge in [0.05, 0.1) is 0 Å². The average Bonchev–Trinajstić information content (AvgIpc) is 2.06. The monoisotopic (exact) mass is 165 g/mol. The van der Waals surface area contributed by atoms with E-state index in [-0.39, 0.29) is 12.6 Å². The summed E-state index contributed by atoms with van der Waals surface area (Å²) < 4.78 is 0. The fourth-order valence-electron chi connectivity index (χ4n) is 1.12. The molecular formula is C10H15NO. The van der Waals surface area contributed by atoms with Crippen LogP contribution in [-0.4, -0.2) is 11.7 Å². The number of hydrogen-bond acceptors (Lipinski definition) is 2. The summed E-state index contributed by atoms with van der Waals surface area (Å²) in [7, 11) is 0. The summed E-state index contributed by atoms with van der Waals surface area (Å²) in [6.45, 7) is 2.17. The predicted molar refractivity (Wildman–Crippen MR) is 49.8 cm³/mol. The first-order chi connectivity index (χ1) is 5.74. The third kappa shape index (κ3) is 2.32. The average molecular weight is 165 g/mol. The van der Waals surface area contributed by atoms with Gasteiger partial charge in [0, 0.05) is 12.6 Å². The smallest absolute Gasteiger partial charge is 0.0471 e. The molecule has 3 N–H and O–H groups in total. The van der Waals surface area contributed by atoms with Gasteiger partial charge in [0.25, 0.3) is 0 Å². The van der Waals surface area contributed by atoms with Crippen LogP contribution in [0.2, 0.25) is 0 Å². The van der Waals surface area contributed by atoms with Crippen LogP contribution in [0.25, 0.3) is 0 Å². The van der Waals surface area contributed by atoms with Crippen LogP contribution in [0, 0.1) is 0 Å². The van der Waals surface area contributed by atoms with E-state index >= 15 is 0 Å². The Labute approximate surface area is 73.0 Å². The number of aliphatic hydroxyl groups is 1. The fourth-order valence-corrected chi connectivity index (χ4v) is 1.12. The van der Waals surface area contributed by atoms with E-state index in [1.807, 2.05) is 31.2 Å². The van der Waals surface area contributed by atoms with Crippen LogP contribution < -0.4 is 5.73 Å². The number of rotatable bonds is 3. The van der Waals surface area contributed by atoms with E-state index < -0.39 is 0 Å². The lowest BCUT2D eigenvalue weighted by Crippen LogP contribution is -2.04. The van der Waals surface area contributed by atoms with Crippen LogP contribution in [0.15, 0.2) is 24.3 Å². The second-order valence-corrected chi connectivity index (χ2v) is 3.00. The Bertz CT molecular complexity index is 228. The van der Waals surface area contributed by atoms with Gasteiger partial charge in [-0.15, -0.1) is 0 Å². The molecule has 66 valence electrons. The maximum atomic E-state index is 8.67. The Kier molecular flexibility index (Phi) is 3.26. The molecule has 12 heavy (non-hydrogen) atoms. The van der Waals surface area contributed by atoms with Gasteiger partial charge in [-0.2, -0.15) is 0 Å². The van der Waals surface area contributed by atoms with Crippen molar-refractivity contribution in [2.45, 2.75) is 19.4 Å². The normalized spacial score (nSPS) is 12.9. The Balaban J connectivity index is 2.71. The third-order valence-electron chi connectivity index (χ3n) is 1.91. The summed E-state index contributed by atoms with van der Waals surface area (Å²) in [6, 6.07) is 8.13. The minimum absolute atomic E-state index is 0.0909. The van der Waals surface area contributed by atoms with Gasteiger partial charge in [-0.05, 0) is 24.5 Å². The first-order valence-electron chi connectivity index (χ1n) is 4.19. The van der Waals surface area contributed by atoms with Crippen molar-refractivity contribution >= 4 is 0 Å². The molecule has 0 amide bonds. The summed E-state index contributed by atoms with van der Waals surface area (Å²) in [5.74, 6) is 0. The summed E-state index contributed by atoms with van der Waals surface area (Å²) in [4.78, 5) is 0. The maximum absolute atomic E-state index is 8.67. The van der Waals surface area contributed by atoms with Gasteiger partial charge < -0.3 is 10.8 Å². The number of nitrogens with two attached hydrogens (primary N) is 1. The minimum atomic E-state index is 0.0909. The molecule has 1 aromatic rings. The first kappa shape index (κ1) is 9.23. The SMILES string of the molecule is C[C@@H](N)c1ccc(CCO)cc1. The highest BCUT2D eigenvalue weighted by molar-refractivity contribution is 5.24. The van der Waals surface area contributed by atoms with Crippen LogP contribution in [0.5, 0.6) is 0 Å². The molecule has 0 spiro atoms. The highest BCUT2D eigenvalue weighted by atomic mass is 16.2. The van der Waals surface area contributed by atoms with Crippen molar-refractivity contribution in [1.29, 1.82) is 0 Å². The van der Waals surface area contributed by atoms with Crippen LogP contribution >= 0.6 is 0 Å². The second kappa shape index (κ2) is 4.24. The molecule has 0 bridgehead atoms. The van der Waals surface area contributed by atoms with E-state index in [0.717, 1.165) is 17.5 Å². The van der Waals surface area contributed by atoms with Gasteiger partial charge in [0.1, 0.15) is 0 Å². The lowest BCUT2D eigenvalue weighted by atomic mass is 10.1. The van der Waals surface area contributed by atoms with E-state index in [2.05, 4.69) is 0 Å². The van der Waals surface area contributed by atoms with E-state index in [1.165, 1.54) is 0 Å². The van der Waals surface area contributed by atoms with Crippen molar-refractivity contribution in [2.24, 2.45) is 5.73 Å². The molecule has 1 rings (SSSR count). The van der Waals surface area contributed by atoms with Gasteiger partial charge in [-0.25, -0.2) is 0 Å². The molecule has 0 aliphatic rings. The zero-order valence-electron chi connectivity index (χ0n) is 7.33. The zero-order chi connectivity index (χ0) is 8.97. The second-order valence-electron chi connectivity index (χ2n) is 3.00. The number of aliphatic hydroxyl groups excluding tert-OH is 1. The molecule has 0 unspecified atom stereocenters. The molecule has 2 heteroatoms. The van der Waals surface area contributed by atoms with E-state index in [4.69, 9.17) is 10.8 Å². The van der Waals surface area contributed by atoms with Crippen molar-refractivity contribution in [1.82, 2.24) is 0 Å². The Hall–Kier alpha value is -0.860. The molecule has 0 fully saturated rings. The molecule has 0 aliphatic heterocycles. The first-order valence-corrected chi connectivity index (χ1v) is 4.19. The van der Waals surface area contributed by atoms with Crippen molar-refractivity contribution in [3.8, 4) is 0 Å². The van der Waals surface area contributed by atoms with E-state index in [0.29, 0.717) is 0 Å². The van der Waals surface area contributed by atoms with Crippen LogP contribution in [0.4, 0.5) is 0 Å². The highest BCUT2D eigenvalue weighted by Gasteiger charge is 1.97. The van der Waals surface area contributed by atoms with Crippen LogP contribution in [0.3, 0.4) is 0 Å². The standard InChI is InChI=1S/C10H15NO/c1-8(11)10-4-2-9(3-5-10)6-7-12/h2-5,8,12H,6-7,11H2,1H3/t8-/m1/s1. The molecule has 0 radical (unpaired) electrons. The molecular weight excluding hydrogens is 150 g/mol. The molecule has 2 nitrogen and oxygen atoms in total.